The molecule has 2 heterocycles. The fraction of sp³-hybridized carbons (Fsp3) is 0.231. The topological polar surface area (TPSA) is 56.2 Å². The molecule has 5 rings (SSSR count). The summed E-state index contributed by atoms with van der Waals surface area (Å²) >= 11 is 14.9. The summed E-state index contributed by atoms with van der Waals surface area (Å²) in [5.41, 5.74) is 3.25. The molecule has 0 N–H and O–H groups in total. The standard InChI is InChI=1S/C26H22BrClN4O2S/c27-19-8-9-23-22(14-19)25(34)32(26(35)29-23)16-17-4-6-18(7-5-17)24(33)31-12-10-30(11-13-31)21-3-1-2-20(28)15-21/h1-9,14-15,22H,10-13,16H2. The zero-order chi connectivity index (χ0) is 24.5. The lowest BCUT2D eigenvalue weighted by molar-refractivity contribution is -0.128. The van der Waals surface area contributed by atoms with Gasteiger partial charge in [0.05, 0.1) is 12.3 Å². The molecule has 2 aromatic carbocycles. The molecule has 3 aliphatic rings. The van der Waals surface area contributed by atoms with Crippen LogP contribution in [-0.2, 0) is 11.3 Å². The molecule has 2 aliphatic heterocycles. The molecule has 0 bridgehead atoms. The minimum absolute atomic E-state index is 0.00471. The Labute approximate surface area is 222 Å². The highest BCUT2D eigenvalue weighted by molar-refractivity contribution is 9.11. The molecule has 9 heteroatoms. The highest BCUT2D eigenvalue weighted by Gasteiger charge is 2.34. The summed E-state index contributed by atoms with van der Waals surface area (Å²) in [5, 5.41) is 0.968. The number of rotatable bonds is 4. The fourth-order valence-corrected chi connectivity index (χ4v) is 5.25. The van der Waals surface area contributed by atoms with E-state index in [0.717, 1.165) is 28.8 Å². The molecular formula is C26H22BrClN4O2S. The molecule has 6 nitrogen and oxygen atoms in total. The molecule has 1 fully saturated rings. The van der Waals surface area contributed by atoms with Crippen LogP contribution in [0, 0.1) is 5.92 Å². The monoisotopic (exact) mass is 568 g/mol. The lowest BCUT2D eigenvalue weighted by Gasteiger charge is -2.36. The number of halogens is 2. The molecule has 1 unspecified atom stereocenters. The molecule has 0 aromatic heterocycles. The summed E-state index contributed by atoms with van der Waals surface area (Å²) in [6, 6.07) is 15.1. The predicted molar refractivity (Wildman–Crippen MR) is 146 cm³/mol. The van der Waals surface area contributed by atoms with E-state index in [1.165, 1.54) is 4.90 Å². The van der Waals surface area contributed by atoms with E-state index in [1.807, 2.05) is 71.7 Å². The summed E-state index contributed by atoms with van der Waals surface area (Å²) < 4.78 is 0.846. The maximum Gasteiger partial charge on any atom is 0.253 e. The van der Waals surface area contributed by atoms with Gasteiger partial charge in [-0.3, -0.25) is 14.5 Å². The Morgan fingerprint density at radius 1 is 1.09 bits per heavy atom. The van der Waals surface area contributed by atoms with Gasteiger partial charge in [-0.15, -0.1) is 0 Å². The summed E-state index contributed by atoms with van der Waals surface area (Å²) in [7, 11) is 0. The number of hydrogen-bond donors (Lipinski definition) is 0. The Morgan fingerprint density at radius 2 is 1.83 bits per heavy atom. The van der Waals surface area contributed by atoms with E-state index in [2.05, 4.69) is 25.8 Å². The molecule has 1 aliphatic carbocycles. The van der Waals surface area contributed by atoms with E-state index in [4.69, 9.17) is 23.8 Å². The van der Waals surface area contributed by atoms with Crippen LogP contribution in [0.2, 0.25) is 5.02 Å². The minimum atomic E-state index is -0.437. The van der Waals surface area contributed by atoms with E-state index >= 15 is 0 Å². The van der Waals surface area contributed by atoms with Crippen LogP contribution in [0.1, 0.15) is 15.9 Å². The fourth-order valence-electron chi connectivity index (χ4n) is 4.41. The van der Waals surface area contributed by atoms with Crippen LogP contribution in [-0.4, -0.2) is 58.6 Å². The van der Waals surface area contributed by atoms with Gasteiger partial charge in [-0.1, -0.05) is 51.8 Å². The minimum Gasteiger partial charge on any atom is -0.368 e. The van der Waals surface area contributed by atoms with Gasteiger partial charge in [-0.25, -0.2) is 4.99 Å². The van der Waals surface area contributed by atoms with Gasteiger partial charge >= 0.3 is 0 Å². The van der Waals surface area contributed by atoms with E-state index < -0.39 is 5.92 Å². The van der Waals surface area contributed by atoms with Crippen LogP contribution in [0.25, 0.3) is 0 Å². The first-order chi connectivity index (χ1) is 16.9. The number of amides is 2. The van der Waals surface area contributed by atoms with Crippen molar-refractivity contribution in [2.45, 2.75) is 6.54 Å². The van der Waals surface area contributed by atoms with E-state index in [1.54, 1.807) is 0 Å². The molecule has 2 amide bonds. The van der Waals surface area contributed by atoms with Gasteiger partial charge in [0.1, 0.15) is 5.92 Å². The number of carbonyl (C=O) groups is 2. The van der Waals surface area contributed by atoms with E-state index in [-0.39, 0.29) is 16.9 Å². The zero-order valence-electron chi connectivity index (χ0n) is 18.7. The van der Waals surface area contributed by atoms with Crippen LogP contribution in [0.15, 0.2) is 76.2 Å². The zero-order valence-corrected chi connectivity index (χ0v) is 21.9. The maximum absolute atomic E-state index is 13.1. The number of anilines is 1. The van der Waals surface area contributed by atoms with Crippen molar-refractivity contribution < 1.29 is 9.59 Å². The average Bonchev–Trinajstić information content (AvgIpc) is 2.87. The average molecular weight is 570 g/mol. The third-order valence-corrected chi connectivity index (χ3v) is 7.40. The van der Waals surface area contributed by atoms with Gasteiger partial charge in [0.15, 0.2) is 0 Å². The molecule has 2 aromatic rings. The Hall–Kier alpha value is -2.81. The van der Waals surface area contributed by atoms with Crippen molar-refractivity contribution in [3.8, 4) is 0 Å². The van der Waals surface area contributed by atoms with Crippen molar-refractivity contribution in [1.82, 2.24) is 9.80 Å². The van der Waals surface area contributed by atoms with Gasteiger partial charge in [0, 0.05) is 46.9 Å². The van der Waals surface area contributed by atoms with Gasteiger partial charge in [-0.2, -0.15) is 0 Å². The van der Waals surface area contributed by atoms with Crippen molar-refractivity contribution in [2.24, 2.45) is 10.9 Å². The largest absolute Gasteiger partial charge is 0.368 e. The Balaban J connectivity index is 1.21. The summed E-state index contributed by atoms with van der Waals surface area (Å²) in [6.07, 6.45) is 5.50. The lowest BCUT2D eigenvalue weighted by Crippen LogP contribution is -2.48. The molecule has 35 heavy (non-hydrogen) atoms. The van der Waals surface area contributed by atoms with Crippen LogP contribution < -0.4 is 4.90 Å². The van der Waals surface area contributed by atoms with Crippen molar-refractivity contribution in [1.29, 1.82) is 0 Å². The summed E-state index contributed by atoms with van der Waals surface area (Å²) in [5.74, 6) is -0.531. The highest BCUT2D eigenvalue weighted by Crippen LogP contribution is 2.26. The molecule has 0 saturated carbocycles. The highest BCUT2D eigenvalue weighted by atomic mass is 79.9. The summed E-state index contributed by atoms with van der Waals surface area (Å²) in [6.45, 7) is 3.10. The number of piperazine rings is 1. The summed E-state index contributed by atoms with van der Waals surface area (Å²) in [4.78, 5) is 36.2. The molecule has 0 spiro atoms. The number of allylic oxidation sites excluding steroid dienone is 3. The second-order valence-corrected chi connectivity index (χ2v) is 10.3. The van der Waals surface area contributed by atoms with Crippen molar-refractivity contribution in [2.75, 3.05) is 31.1 Å². The Bertz CT molecular complexity index is 1280. The maximum atomic E-state index is 13.1. The first-order valence-corrected chi connectivity index (χ1v) is 12.8. The number of benzene rings is 2. The number of aliphatic imine (C=N–C) groups is 1. The van der Waals surface area contributed by atoms with Crippen LogP contribution in [0.3, 0.4) is 0 Å². The SMILES string of the molecule is O=C(c1ccc(CN2C(=O)C3C=C(Br)C=CC3=NC2=S)cc1)N1CCN(c2cccc(Cl)c2)CC1. The second kappa shape index (κ2) is 10.0. The van der Waals surface area contributed by atoms with Crippen LogP contribution in [0.4, 0.5) is 5.69 Å². The Morgan fingerprint density at radius 3 is 2.54 bits per heavy atom. The molecule has 1 atom stereocenters. The molecular weight excluding hydrogens is 548 g/mol. The number of fused-ring (bicyclic) bond motifs is 1. The van der Waals surface area contributed by atoms with E-state index in [9.17, 15) is 9.59 Å². The van der Waals surface area contributed by atoms with Crippen molar-refractivity contribution in [3.63, 3.8) is 0 Å². The third-order valence-electron chi connectivity index (χ3n) is 6.33. The van der Waals surface area contributed by atoms with Gasteiger partial charge in [0.2, 0.25) is 11.0 Å². The number of hydrogen-bond acceptors (Lipinski definition) is 4. The van der Waals surface area contributed by atoms with Gasteiger partial charge < -0.3 is 9.80 Å². The molecule has 0 radical (unpaired) electrons. The predicted octanol–water partition coefficient (Wildman–Crippen LogP) is 4.84. The van der Waals surface area contributed by atoms with Crippen molar-refractivity contribution in [3.05, 3.63) is 87.4 Å². The number of carbonyl (C=O) groups excluding carboxylic acids is 2. The first kappa shape index (κ1) is 23.9. The van der Waals surface area contributed by atoms with Crippen molar-refractivity contribution >= 4 is 68.1 Å². The quantitative estimate of drug-likeness (QED) is 0.495. The van der Waals surface area contributed by atoms with E-state index in [0.29, 0.717) is 35.9 Å². The number of nitrogens with zero attached hydrogens (tertiary/aromatic N) is 4. The molecule has 178 valence electrons. The second-order valence-electron chi connectivity index (χ2n) is 8.56. The van der Waals surface area contributed by atoms with Gasteiger partial charge in [0.25, 0.3) is 5.91 Å². The Kier molecular flexibility index (Phi) is 6.86. The third kappa shape index (κ3) is 5.10. The number of thiocarbonyl (C=S) groups is 1. The first-order valence-electron chi connectivity index (χ1n) is 11.3. The van der Waals surface area contributed by atoms with Crippen LogP contribution >= 0.6 is 39.7 Å². The van der Waals surface area contributed by atoms with Gasteiger partial charge in [-0.05, 0) is 60.3 Å². The smallest absolute Gasteiger partial charge is 0.253 e. The van der Waals surface area contributed by atoms with Crippen LogP contribution in [0.5, 0.6) is 0 Å². The lowest BCUT2D eigenvalue weighted by atomic mass is 9.95. The molecule has 1 saturated heterocycles. The normalized spacial score (nSPS) is 19.9.